The van der Waals surface area contributed by atoms with E-state index in [1.54, 1.807) is 28.6 Å². The molecule has 16 heavy (non-hydrogen) atoms. The van der Waals surface area contributed by atoms with Gasteiger partial charge in [-0.15, -0.1) is 10.2 Å². The van der Waals surface area contributed by atoms with Crippen LogP contribution in [0.15, 0.2) is 9.85 Å². The van der Waals surface area contributed by atoms with Gasteiger partial charge in [0.2, 0.25) is 0 Å². The van der Waals surface area contributed by atoms with Crippen LogP contribution in [0.3, 0.4) is 0 Å². The first-order chi connectivity index (χ1) is 7.72. The van der Waals surface area contributed by atoms with E-state index in [0.717, 1.165) is 16.5 Å². The molecule has 1 unspecified atom stereocenters. The van der Waals surface area contributed by atoms with Crippen molar-refractivity contribution in [2.75, 3.05) is 5.75 Å². The highest BCUT2D eigenvalue weighted by Gasteiger charge is 2.32. The van der Waals surface area contributed by atoms with Crippen molar-refractivity contribution >= 4 is 23.1 Å². The quantitative estimate of drug-likeness (QED) is 0.787. The molecule has 1 aliphatic carbocycles. The lowest BCUT2D eigenvalue weighted by molar-refractivity contribution is 0.434. The SMILES string of the molecule is CC(C#N)(CCSc1nncs1)NC1CC1. The molecule has 0 bridgehead atoms. The second-order valence-electron chi connectivity index (χ2n) is 4.17. The van der Waals surface area contributed by atoms with E-state index < -0.39 is 5.54 Å². The summed E-state index contributed by atoms with van der Waals surface area (Å²) in [6, 6.07) is 2.94. The van der Waals surface area contributed by atoms with Crippen LogP contribution in [-0.2, 0) is 0 Å². The summed E-state index contributed by atoms with van der Waals surface area (Å²) in [7, 11) is 0. The van der Waals surface area contributed by atoms with Crippen LogP contribution in [0.25, 0.3) is 0 Å². The van der Waals surface area contributed by atoms with Crippen molar-refractivity contribution < 1.29 is 0 Å². The van der Waals surface area contributed by atoms with E-state index in [1.165, 1.54) is 12.8 Å². The highest BCUT2D eigenvalue weighted by atomic mass is 32.2. The van der Waals surface area contributed by atoms with Crippen LogP contribution in [0.4, 0.5) is 0 Å². The molecule has 86 valence electrons. The molecule has 4 nitrogen and oxygen atoms in total. The minimum Gasteiger partial charge on any atom is -0.297 e. The Balaban J connectivity index is 1.76. The van der Waals surface area contributed by atoms with Crippen molar-refractivity contribution in [3.8, 4) is 6.07 Å². The molecule has 0 aromatic carbocycles. The Labute approximate surface area is 103 Å². The Kier molecular flexibility index (Phi) is 3.79. The Morgan fingerprint density at radius 2 is 2.56 bits per heavy atom. The van der Waals surface area contributed by atoms with Gasteiger partial charge in [0.05, 0.1) is 6.07 Å². The van der Waals surface area contributed by atoms with E-state index in [9.17, 15) is 5.26 Å². The number of nitrogens with one attached hydrogen (secondary N) is 1. The first-order valence-corrected chi connectivity index (χ1v) is 7.16. The summed E-state index contributed by atoms with van der Waals surface area (Å²) in [6.45, 7) is 1.98. The third-order valence-corrected chi connectivity index (χ3v) is 4.38. The Hall–Kier alpha value is -0.640. The highest BCUT2D eigenvalue weighted by Crippen LogP contribution is 2.26. The van der Waals surface area contributed by atoms with Gasteiger partial charge in [0, 0.05) is 11.8 Å². The standard InChI is InChI=1S/C10H14N4S2/c1-10(6-11,13-8-2-3-8)4-5-15-9-14-12-7-16-9/h7-8,13H,2-5H2,1H3. The fourth-order valence-electron chi connectivity index (χ4n) is 1.41. The second kappa shape index (κ2) is 5.13. The zero-order valence-electron chi connectivity index (χ0n) is 9.14. The van der Waals surface area contributed by atoms with Gasteiger partial charge in [0.15, 0.2) is 4.34 Å². The molecule has 1 aromatic heterocycles. The lowest BCUT2D eigenvalue weighted by Gasteiger charge is -2.22. The average Bonchev–Trinajstić information content (AvgIpc) is 2.92. The molecule has 0 aliphatic heterocycles. The van der Waals surface area contributed by atoms with Crippen LogP contribution in [0.2, 0.25) is 0 Å². The summed E-state index contributed by atoms with van der Waals surface area (Å²) in [6.07, 6.45) is 3.26. The number of rotatable bonds is 6. The summed E-state index contributed by atoms with van der Waals surface area (Å²) >= 11 is 3.22. The van der Waals surface area contributed by atoms with Crippen molar-refractivity contribution in [2.45, 2.75) is 42.1 Å². The van der Waals surface area contributed by atoms with Gasteiger partial charge < -0.3 is 0 Å². The number of thioether (sulfide) groups is 1. The average molecular weight is 254 g/mol. The van der Waals surface area contributed by atoms with Crippen molar-refractivity contribution in [1.29, 1.82) is 5.26 Å². The molecular weight excluding hydrogens is 240 g/mol. The molecule has 2 rings (SSSR count). The van der Waals surface area contributed by atoms with Crippen LogP contribution in [0.5, 0.6) is 0 Å². The largest absolute Gasteiger partial charge is 0.297 e. The van der Waals surface area contributed by atoms with E-state index in [1.807, 2.05) is 6.92 Å². The minimum absolute atomic E-state index is 0.390. The summed E-state index contributed by atoms with van der Waals surface area (Å²) < 4.78 is 0.978. The lowest BCUT2D eigenvalue weighted by Crippen LogP contribution is -2.42. The predicted octanol–water partition coefficient (Wildman–Crippen LogP) is 2.05. The fourth-order valence-corrected chi connectivity index (χ4v) is 3.13. The molecule has 1 atom stereocenters. The van der Waals surface area contributed by atoms with Gasteiger partial charge in [-0.1, -0.05) is 23.1 Å². The molecule has 1 saturated carbocycles. The molecule has 1 heterocycles. The van der Waals surface area contributed by atoms with Crippen molar-refractivity contribution in [1.82, 2.24) is 15.5 Å². The first kappa shape index (κ1) is 11.8. The molecular formula is C10H14N4S2. The van der Waals surface area contributed by atoms with Gasteiger partial charge >= 0.3 is 0 Å². The number of nitriles is 1. The first-order valence-electron chi connectivity index (χ1n) is 5.30. The molecule has 0 amide bonds. The topological polar surface area (TPSA) is 61.6 Å². The van der Waals surface area contributed by atoms with Crippen molar-refractivity contribution in [2.24, 2.45) is 0 Å². The Morgan fingerprint density at radius 3 is 3.12 bits per heavy atom. The summed E-state index contributed by atoms with van der Waals surface area (Å²) in [5.74, 6) is 0.902. The van der Waals surface area contributed by atoms with Crippen LogP contribution in [0.1, 0.15) is 26.2 Å². The van der Waals surface area contributed by atoms with Gasteiger partial charge in [-0.25, -0.2) is 0 Å². The van der Waals surface area contributed by atoms with Crippen LogP contribution in [-0.4, -0.2) is 27.5 Å². The zero-order chi connectivity index (χ0) is 11.4. The van der Waals surface area contributed by atoms with Crippen LogP contribution < -0.4 is 5.32 Å². The van der Waals surface area contributed by atoms with Gasteiger partial charge in [0.25, 0.3) is 0 Å². The maximum absolute atomic E-state index is 9.17. The maximum atomic E-state index is 9.17. The lowest BCUT2D eigenvalue weighted by atomic mass is 10.0. The molecule has 1 N–H and O–H groups in total. The van der Waals surface area contributed by atoms with E-state index in [-0.39, 0.29) is 0 Å². The summed E-state index contributed by atoms with van der Waals surface area (Å²) in [5.41, 5.74) is 1.34. The second-order valence-corrected chi connectivity index (χ2v) is 6.34. The highest BCUT2D eigenvalue weighted by molar-refractivity contribution is 8.00. The summed E-state index contributed by atoms with van der Waals surface area (Å²) in [4.78, 5) is 0. The summed E-state index contributed by atoms with van der Waals surface area (Å²) in [5, 5.41) is 20.3. The van der Waals surface area contributed by atoms with E-state index in [2.05, 4.69) is 21.6 Å². The number of hydrogen-bond acceptors (Lipinski definition) is 6. The number of hydrogen-bond donors (Lipinski definition) is 1. The van der Waals surface area contributed by atoms with E-state index in [0.29, 0.717) is 6.04 Å². The van der Waals surface area contributed by atoms with Crippen LogP contribution >= 0.6 is 23.1 Å². The third-order valence-electron chi connectivity index (χ3n) is 2.51. The van der Waals surface area contributed by atoms with Gasteiger partial charge in [-0.05, 0) is 26.2 Å². The monoisotopic (exact) mass is 254 g/mol. The molecule has 0 radical (unpaired) electrons. The van der Waals surface area contributed by atoms with E-state index >= 15 is 0 Å². The molecule has 1 aromatic rings. The molecule has 1 fully saturated rings. The van der Waals surface area contributed by atoms with Crippen molar-refractivity contribution in [3.63, 3.8) is 0 Å². The Bertz CT molecular complexity index is 369. The number of aromatic nitrogens is 2. The smallest absolute Gasteiger partial charge is 0.174 e. The maximum Gasteiger partial charge on any atom is 0.174 e. The number of nitrogens with zero attached hydrogens (tertiary/aromatic N) is 3. The fraction of sp³-hybridized carbons (Fsp3) is 0.700. The predicted molar refractivity (Wildman–Crippen MR) is 65.4 cm³/mol. The van der Waals surface area contributed by atoms with Crippen molar-refractivity contribution in [3.05, 3.63) is 5.51 Å². The molecule has 6 heteroatoms. The Morgan fingerprint density at radius 1 is 1.75 bits per heavy atom. The van der Waals surface area contributed by atoms with Crippen LogP contribution in [0, 0.1) is 11.3 Å². The zero-order valence-corrected chi connectivity index (χ0v) is 10.8. The van der Waals surface area contributed by atoms with E-state index in [4.69, 9.17) is 0 Å². The van der Waals surface area contributed by atoms with Gasteiger partial charge in [-0.3, -0.25) is 5.32 Å². The minimum atomic E-state index is -0.390. The van der Waals surface area contributed by atoms with Gasteiger partial charge in [0.1, 0.15) is 11.0 Å². The molecule has 1 aliphatic rings. The molecule has 0 saturated heterocycles. The molecule has 0 spiro atoms. The van der Waals surface area contributed by atoms with Gasteiger partial charge in [-0.2, -0.15) is 5.26 Å². The normalized spacial score (nSPS) is 19.0. The third kappa shape index (κ3) is 3.44.